The standard InChI is InChI=1S/C28H27F3N4O2/c1-17(2)26-25-22(15-35(26)14-19-5-9-23(10-6-19)28(29,30)31)11-21(13-33-25)27(37)34-24(16-36)20-7-3-18(12-32)4-8-20/h3-11,13,17,24,26,36H,14-16H2,1-2H3,(H,34,37). The minimum absolute atomic E-state index is 0.0433. The molecule has 2 aromatic carbocycles. The zero-order valence-corrected chi connectivity index (χ0v) is 20.5. The highest BCUT2D eigenvalue weighted by Crippen LogP contribution is 2.39. The third-order valence-corrected chi connectivity index (χ3v) is 6.54. The van der Waals surface area contributed by atoms with E-state index in [1.807, 2.05) is 6.07 Å². The monoisotopic (exact) mass is 508 g/mol. The largest absolute Gasteiger partial charge is 0.416 e. The minimum atomic E-state index is -4.38. The van der Waals surface area contributed by atoms with Crippen molar-refractivity contribution in [1.82, 2.24) is 15.2 Å². The number of carbonyl (C=O) groups excluding carboxylic acids is 1. The first-order chi connectivity index (χ1) is 17.6. The summed E-state index contributed by atoms with van der Waals surface area (Å²) < 4.78 is 38.8. The summed E-state index contributed by atoms with van der Waals surface area (Å²) in [6.07, 6.45) is -2.86. The second-order valence-electron chi connectivity index (χ2n) is 9.50. The highest BCUT2D eigenvalue weighted by Gasteiger charge is 2.35. The normalized spacial score (nSPS) is 16.3. The molecule has 0 spiro atoms. The van der Waals surface area contributed by atoms with Crippen LogP contribution in [0.25, 0.3) is 0 Å². The summed E-state index contributed by atoms with van der Waals surface area (Å²) in [5.74, 6) is -0.195. The minimum Gasteiger partial charge on any atom is -0.394 e. The van der Waals surface area contributed by atoms with Crippen molar-refractivity contribution < 1.29 is 23.1 Å². The van der Waals surface area contributed by atoms with E-state index in [9.17, 15) is 23.1 Å². The number of nitrogens with zero attached hydrogens (tertiary/aromatic N) is 3. The quantitative estimate of drug-likeness (QED) is 0.461. The van der Waals surface area contributed by atoms with Crippen LogP contribution < -0.4 is 5.32 Å². The average molecular weight is 509 g/mol. The van der Waals surface area contributed by atoms with Crippen molar-refractivity contribution in [3.05, 3.63) is 99.9 Å². The summed E-state index contributed by atoms with van der Waals surface area (Å²) >= 11 is 0. The number of carbonyl (C=O) groups is 1. The number of pyridine rings is 1. The molecule has 4 rings (SSSR count). The molecule has 0 aliphatic carbocycles. The maximum atomic E-state index is 13.0. The molecule has 0 fully saturated rings. The number of aromatic nitrogens is 1. The fourth-order valence-electron chi connectivity index (χ4n) is 4.72. The highest BCUT2D eigenvalue weighted by atomic mass is 19.4. The lowest BCUT2D eigenvalue weighted by molar-refractivity contribution is -0.137. The molecule has 0 radical (unpaired) electrons. The molecule has 3 aromatic rings. The van der Waals surface area contributed by atoms with Gasteiger partial charge in [-0.25, -0.2) is 0 Å². The summed E-state index contributed by atoms with van der Waals surface area (Å²) in [4.78, 5) is 19.7. The van der Waals surface area contributed by atoms with Gasteiger partial charge in [-0.1, -0.05) is 38.1 Å². The van der Waals surface area contributed by atoms with Crippen LogP contribution in [0.5, 0.6) is 0 Å². The van der Waals surface area contributed by atoms with Crippen molar-refractivity contribution in [2.45, 2.75) is 45.2 Å². The zero-order valence-electron chi connectivity index (χ0n) is 20.5. The molecular weight excluding hydrogens is 481 g/mol. The maximum absolute atomic E-state index is 13.0. The van der Waals surface area contributed by atoms with E-state index in [-0.39, 0.29) is 24.5 Å². The van der Waals surface area contributed by atoms with Crippen LogP contribution in [0.15, 0.2) is 60.8 Å². The molecule has 1 aliphatic heterocycles. The summed E-state index contributed by atoms with van der Waals surface area (Å²) in [5.41, 5.74) is 3.33. The molecule has 37 heavy (non-hydrogen) atoms. The zero-order chi connectivity index (χ0) is 26.7. The molecular formula is C28H27F3N4O2. The van der Waals surface area contributed by atoms with Gasteiger partial charge < -0.3 is 10.4 Å². The number of aliphatic hydroxyl groups excluding tert-OH is 1. The number of halogens is 3. The van der Waals surface area contributed by atoms with Crippen molar-refractivity contribution in [2.24, 2.45) is 5.92 Å². The van der Waals surface area contributed by atoms with Crippen LogP contribution in [-0.4, -0.2) is 27.5 Å². The Hall–Kier alpha value is -3.74. The van der Waals surface area contributed by atoms with Crippen LogP contribution in [-0.2, 0) is 19.3 Å². The van der Waals surface area contributed by atoms with Crippen molar-refractivity contribution in [2.75, 3.05) is 6.61 Å². The Bertz CT molecular complexity index is 1300. The van der Waals surface area contributed by atoms with Crippen LogP contribution in [0.1, 0.15) is 69.8 Å². The van der Waals surface area contributed by atoms with Crippen LogP contribution >= 0.6 is 0 Å². The number of aliphatic hydroxyl groups is 1. The van der Waals surface area contributed by atoms with Crippen LogP contribution in [0.4, 0.5) is 13.2 Å². The third kappa shape index (κ3) is 5.82. The average Bonchev–Trinajstić information content (AvgIpc) is 3.24. The predicted molar refractivity (Wildman–Crippen MR) is 131 cm³/mol. The number of hydrogen-bond donors (Lipinski definition) is 2. The van der Waals surface area contributed by atoms with Gasteiger partial charge in [0, 0.05) is 19.3 Å². The molecule has 192 valence electrons. The number of alkyl halides is 3. The second kappa shape index (κ2) is 10.7. The SMILES string of the molecule is CC(C)C1c2ncc(C(=O)NC(CO)c3ccc(C#N)cc3)cc2CN1Cc1ccc(C(F)(F)F)cc1. The van der Waals surface area contributed by atoms with Crippen molar-refractivity contribution in [3.63, 3.8) is 0 Å². The summed E-state index contributed by atoms with van der Waals surface area (Å²) in [6.45, 7) is 4.76. The Morgan fingerprint density at radius 2 is 1.86 bits per heavy atom. The molecule has 1 aromatic heterocycles. The van der Waals surface area contributed by atoms with Crippen molar-refractivity contribution in [3.8, 4) is 6.07 Å². The van der Waals surface area contributed by atoms with Crippen LogP contribution in [0.3, 0.4) is 0 Å². The van der Waals surface area contributed by atoms with E-state index in [1.165, 1.54) is 18.3 Å². The first-order valence-electron chi connectivity index (χ1n) is 11.9. The third-order valence-electron chi connectivity index (χ3n) is 6.54. The molecule has 0 saturated heterocycles. The lowest BCUT2D eigenvalue weighted by Crippen LogP contribution is -2.31. The topological polar surface area (TPSA) is 89.2 Å². The van der Waals surface area contributed by atoms with E-state index >= 15 is 0 Å². The molecule has 0 saturated carbocycles. The second-order valence-corrected chi connectivity index (χ2v) is 9.50. The van der Waals surface area contributed by atoms with Crippen molar-refractivity contribution >= 4 is 5.91 Å². The van der Waals surface area contributed by atoms with Crippen LogP contribution in [0, 0.1) is 17.2 Å². The summed E-state index contributed by atoms with van der Waals surface area (Å²) in [6, 6.07) is 14.9. The molecule has 0 bridgehead atoms. The fraction of sp³-hybridized carbons (Fsp3) is 0.321. The molecule has 2 N–H and O–H groups in total. The Kier molecular flexibility index (Phi) is 7.62. The van der Waals surface area contributed by atoms with Gasteiger partial charge in [0.05, 0.1) is 47.1 Å². The molecule has 2 unspecified atom stereocenters. The van der Waals surface area contributed by atoms with Gasteiger partial charge in [-0.3, -0.25) is 14.7 Å². The van der Waals surface area contributed by atoms with Crippen LogP contribution in [0.2, 0.25) is 0 Å². The number of amides is 1. The summed E-state index contributed by atoms with van der Waals surface area (Å²) in [5, 5.41) is 21.6. The lowest BCUT2D eigenvalue weighted by atomic mass is 9.99. The Morgan fingerprint density at radius 1 is 1.19 bits per heavy atom. The number of rotatable bonds is 7. The molecule has 2 atom stereocenters. The molecule has 1 aliphatic rings. The molecule has 1 amide bonds. The Labute approximate surface area is 213 Å². The van der Waals surface area contributed by atoms with Gasteiger partial charge in [0.15, 0.2) is 0 Å². The number of hydrogen-bond acceptors (Lipinski definition) is 5. The van der Waals surface area contributed by atoms with E-state index in [0.717, 1.165) is 29.0 Å². The van der Waals surface area contributed by atoms with Gasteiger partial charge in [0.25, 0.3) is 5.91 Å². The van der Waals surface area contributed by atoms with Gasteiger partial charge >= 0.3 is 6.18 Å². The van der Waals surface area contributed by atoms with E-state index in [2.05, 4.69) is 29.0 Å². The maximum Gasteiger partial charge on any atom is 0.416 e. The lowest BCUT2D eigenvalue weighted by Gasteiger charge is -2.27. The van der Waals surface area contributed by atoms with E-state index in [1.54, 1.807) is 30.3 Å². The van der Waals surface area contributed by atoms with Gasteiger partial charge in [-0.2, -0.15) is 18.4 Å². The Morgan fingerprint density at radius 3 is 2.43 bits per heavy atom. The fourth-order valence-corrected chi connectivity index (χ4v) is 4.72. The molecule has 2 heterocycles. The van der Waals surface area contributed by atoms with Crippen molar-refractivity contribution in [1.29, 1.82) is 5.26 Å². The smallest absolute Gasteiger partial charge is 0.394 e. The van der Waals surface area contributed by atoms with E-state index in [0.29, 0.717) is 29.8 Å². The van der Waals surface area contributed by atoms with E-state index in [4.69, 9.17) is 5.26 Å². The number of nitriles is 1. The molecule has 6 nitrogen and oxygen atoms in total. The van der Waals surface area contributed by atoms with Gasteiger partial charge in [-0.05, 0) is 52.9 Å². The summed E-state index contributed by atoms with van der Waals surface area (Å²) in [7, 11) is 0. The first-order valence-corrected chi connectivity index (χ1v) is 11.9. The van der Waals surface area contributed by atoms with Gasteiger partial charge in [0.2, 0.25) is 0 Å². The number of nitrogens with one attached hydrogen (secondary N) is 1. The van der Waals surface area contributed by atoms with Gasteiger partial charge in [0.1, 0.15) is 0 Å². The predicted octanol–water partition coefficient (Wildman–Crippen LogP) is 5.15. The number of benzene rings is 2. The first kappa shape index (κ1) is 26.3. The number of fused-ring (bicyclic) bond motifs is 1. The van der Waals surface area contributed by atoms with E-state index < -0.39 is 17.8 Å². The van der Waals surface area contributed by atoms with Gasteiger partial charge in [-0.15, -0.1) is 0 Å². The Balaban J connectivity index is 1.51. The molecule has 9 heteroatoms. The highest BCUT2D eigenvalue weighted by molar-refractivity contribution is 5.94.